The first-order valence-electron chi connectivity index (χ1n) is 5.84. The summed E-state index contributed by atoms with van der Waals surface area (Å²) in [5.74, 6) is 0. The van der Waals surface area contributed by atoms with Crippen LogP contribution in [0.2, 0.25) is 5.02 Å². The van der Waals surface area contributed by atoms with Crippen LogP contribution in [-0.4, -0.2) is 4.98 Å². The molecule has 0 radical (unpaired) electrons. The topological polar surface area (TPSA) is 81.4 Å². The van der Waals surface area contributed by atoms with Crippen LogP contribution in [0.15, 0.2) is 39.3 Å². The third kappa shape index (κ3) is 2.76. The van der Waals surface area contributed by atoms with Crippen molar-refractivity contribution in [3.8, 4) is 6.07 Å². The number of hydrogen-bond acceptors (Lipinski definition) is 4. The van der Waals surface area contributed by atoms with Crippen LogP contribution >= 0.6 is 11.6 Å². The second-order valence-electron chi connectivity index (χ2n) is 4.22. The number of azo groups is 1. The van der Waals surface area contributed by atoms with Crippen LogP contribution in [0.5, 0.6) is 0 Å². The number of aromatic nitrogens is 1. The van der Waals surface area contributed by atoms with Crippen molar-refractivity contribution >= 4 is 23.0 Å². The maximum absolute atomic E-state index is 11.6. The fraction of sp³-hybridized carbons (Fsp3) is 0.143. The molecule has 1 N–H and O–H groups in total. The van der Waals surface area contributed by atoms with Gasteiger partial charge in [0.1, 0.15) is 17.3 Å². The lowest BCUT2D eigenvalue weighted by atomic mass is 10.1. The van der Waals surface area contributed by atoms with Crippen LogP contribution in [0, 0.1) is 25.2 Å². The lowest BCUT2D eigenvalue weighted by Gasteiger charge is -2.04. The first-order chi connectivity index (χ1) is 9.52. The van der Waals surface area contributed by atoms with Gasteiger partial charge in [-0.2, -0.15) is 10.4 Å². The van der Waals surface area contributed by atoms with Crippen LogP contribution in [-0.2, 0) is 0 Å². The molecule has 0 atom stereocenters. The lowest BCUT2D eigenvalue weighted by Crippen LogP contribution is -2.13. The Labute approximate surface area is 120 Å². The van der Waals surface area contributed by atoms with Crippen molar-refractivity contribution in [2.24, 2.45) is 10.2 Å². The van der Waals surface area contributed by atoms with Crippen LogP contribution < -0.4 is 5.56 Å². The summed E-state index contributed by atoms with van der Waals surface area (Å²) in [5.41, 5.74) is 1.87. The standard InChI is InChI=1S/C14H11ClN4O/c1-8-12(7-16)14(20)17-9(2)13(8)19-18-11-5-3-10(15)4-6-11/h3-6H,1-2H3,(H,17,20). The Morgan fingerprint density at radius 1 is 1.20 bits per heavy atom. The molecule has 0 aliphatic heterocycles. The molecule has 0 unspecified atom stereocenters. The molecule has 0 amide bonds. The summed E-state index contributed by atoms with van der Waals surface area (Å²) in [6.45, 7) is 3.39. The smallest absolute Gasteiger partial charge is 0.266 e. The molecule has 0 saturated heterocycles. The maximum Gasteiger partial charge on any atom is 0.266 e. The molecule has 0 bridgehead atoms. The Hall–Kier alpha value is -2.45. The number of nitrogens with zero attached hydrogens (tertiary/aromatic N) is 3. The molecule has 20 heavy (non-hydrogen) atoms. The fourth-order valence-electron chi connectivity index (χ4n) is 1.76. The van der Waals surface area contributed by atoms with E-state index in [1.165, 1.54) is 0 Å². The summed E-state index contributed by atoms with van der Waals surface area (Å²) < 4.78 is 0. The highest BCUT2D eigenvalue weighted by Gasteiger charge is 2.11. The van der Waals surface area contributed by atoms with Crippen molar-refractivity contribution in [3.63, 3.8) is 0 Å². The number of nitrogens with one attached hydrogen (secondary N) is 1. The molecule has 2 aromatic rings. The number of nitriles is 1. The monoisotopic (exact) mass is 286 g/mol. The number of halogens is 1. The van der Waals surface area contributed by atoms with Crippen LogP contribution in [0.1, 0.15) is 16.8 Å². The number of benzene rings is 1. The van der Waals surface area contributed by atoms with Gasteiger partial charge in [-0.05, 0) is 38.1 Å². The number of aromatic amines is 1. The normalized spacial score (nSPS) is 10.7. The van der Waals surface area contributed by atoms with E-state index < -0.39 is 5.56 Å². The second-order valence-corrected chi connectivity index (χ2v) is 4.65. The molecule has 5 nitrogen and oxygen atoms in total. The number of rotatable bonds is 2. The van der Waals surface area contributed by atoms with E-state index in [2.05, 4.69) is 15.2 Å². The molecule has 1 aromatic heterocycles. The molecular weight excluding hydrogens is 276 g/mol. The van der Waals surface area contributed by atoms with Gasteiger partial charge in [0.15, 0.2) is 0 Å². The van der Waals surface area contributed by atoms with Gasteiger partial charge in [0.2, 0.25) is 0 Å². The van der Waals surface area contributed by atoms with Gasteiger partial charge in [0, 0.05) is 16.3 Å². The summed E-state index contributed by atoms with van der Waals surface area (Å²) in [4.78, 5) is 14.2. The third-order valence-corrected chi connectivity index (χ3v) is 3.07. The maximum atomic E-state index is 11.6. The van der Waals surface area contributed by atoms with E-state index in [4.69, 9.17) is 16.9 Å². The average molecular weight is 287 g/mol. The van der Waals surface area contributed by atoms with E-state index in [0.717, 1.165) is 0 Å². The minimum atomic E-state index is -0.409. The van der Waals surface area contributed by atoms with Crippen molar-refractivity contribution in [2.75, 3.05) is 0 Å². The molecule has 0 aliphatic carbocycles. The quantitative estimate of drug-likeness (QED) is 0.849. The van der Waals surface area contributed by atoms with Crippen LogP contribution in [0.3, 0.4) is 0 Å². The lowest BCUT2D eigenvalue weighted by molar-refractivity contribution is 1.07. The van der Waals surface area contributed by atoms with Gasteiger partial charge in [-0.1, -0.05) is 11.6 Å². The highest BCUT2D eigenvalue weighted by molar-refractivity contribution is 6.30. The molecule has 0 saturated carbocycles. The Balaban J connectivity index is 2.46. The number of H-pyrrole nitrogens is 1. The summed E-state index contributed by atoms with van der Waals surface area (Å²) >= 11 is 5.79. The summed E-state index contributed by atoms with van der Waals surface area (Å²) in [7, 11) is 0. The van der Waals surface area contributed by atoms with E-state index in [9.17, 15) is 4.79 Å². The zero-order valence-electron chi connectivity index (χ0n) is 10.9. The Kier molecular flexibility index (Phi) is 3.97. The molecule has 0 aliphatic rings. The molecule has 1 heterocycles. The fourth-order valence-corrected chi connectivity index (χ4v) is 1.89. The third-order valence-electron chi connectivity index (χ3n) is 2.82. The SMILES string of the molecule is Cc1[nH]c(=O)c(C#N)c(C)c1N=Nc1ccc(Cl)cc1. The number of aryl methyl sites for hydroxylation is 1. The van der Waals surface area contributed by atoms with Crippen LogP contribution in [0.25, 0.3) is 0 Å². The molecule has 1 aromatic carbocycles. The van der Waals surface area contributed by atoms with Crippen molar-refractivity contribution in [1.82, 2.24) is 4.98 Å². The van der Waals surface area contributed by atoms with E-state index in [1.807, 2.05) is 6.07 Å². The molecule has 0 fully saturated rings. The van der Waals surface area contributed by atoms with Crippen molar-refractivity contribution in [1.29, 1.82) is 5.26 Å². The van der Waals surface area contributed by atoms with Crippen molar-refractivity contribution in [2.45, 2.75) is 13.8 Å². The van der Waals surface area contributed by atoms with Gasteiger partial charge in [0.25, 0.3) is 5.56 Å². The molecular formula is C14H11ClN4O. The predicted octanol–water partition coefficient (Wildman–Crippen LogP) is 3.93. The minimum Gasteiger partial charge on any atom is -0.323 e. The van der Waals surface area contributed by atoms with Gasteiger partial charge >= 0.3 is 0 Å². The Bertz CT molecular complexity index is 769. The zero-order valence-corrected chi connectivity index (χ0v) is 11.7. The van der Waals surface area contributed by atoms with E-state index >= 15 is 0 Å². The van der Waals surface area contributed by atoms with E-state index in [1.54, 1.807) is 38.1 Å². The molecule has 100 valence electrons. The molecule has 2 rings (SSSR count). The van der Waals surface area contributed by atoms with Crippen molar-refractivity contribution < 1.29 is 0 Å². The van der Waals surface area contributed by atoms with Gasteiger partial charge < -0.3 is 4.98 Å². The van der Waals surface area contributed by atoms with Gasteiger partial charge in [0.05, 0.1) is 5.69 Å². The zero-order chi connectivity index (χ0) is 14.7. The first-order valence-corrected chi connectivity index (χ1v) is 6.21. The van der Waals surface area contributed by atoms with Gasteiger partial charge in [-0.3, -0.25) is 4.79 Å². The average Bonchev–Trinajstić information content (AvgIpc) is 2.40. The van der Waals surface area contributed by atoms with Crippen LogP contribution in [0.4, 0.5) is 11.4 Å². The van der Waals surface area contributed by atoms with Crippen molar-refractivity contribution in [3.05, 3.63) is 56.5 Å². The largest absolute Gasteiger partial charge is 0.323 e. The van der Waals surface area contributed by atoms with Gasteiger partial charge in [-0.15, -0.1) is 5.11 Å². The summed E-state index contributed by atoms with van der Waals surface area (Å²) in [6, 6.07) is 8.76. The Morgan fingerprint density at radius 2 is 1.85 bits per heavy atom. The van der Waals surface area contributed by atoms with E-state index in [0.29, 0.717) is 27.7 Å². The highest BCUT2D eigenvalue weighted by Crippen LogP contribution is 2.25. The van der Waals surface area contributed by atoms with Gasteiger partial charge in [-0.25, -0.2) is 0 Å². The molecule has 6 heteroatoms. The Morgan fingerprint density at radius 3 is 2.45 bits per heavy atom. The first kappa shape index (κ1) is 14.0. The second kappa shape index (κ2) is 5.68. The minimum absolute atomic E-state index is 0.0562. The summed E-state index contributed by atoms with van der Waals surface area (Å²) in [6.07, 6.45) is 0. The summed E-state index contributed by atoms with van der Waals surface area (Å²) in [5, 5.41) is 17.8. The number of hydrogen-bond donors (Lipinski definition) is 1. The van der Waals surface area contributed by atoms with E-state index in [-0.39, 0.29) is 5.56 Å². The number of pyridine rings is 1. The predicted molar refractivity (Wildman–Crippen MR) is 76.9 cm³/mol. The molecule has 0 spiro atoms. The highest BCUT2D eigenvalue weighted by atomic mass is 35.5.